The topological polar surface area (TPSA) is 95.8 Å². The predicted octanol–water partition coefficient (Wildman–Crippen LogP) is 7.12. The van der Waals surface area contributed by atoms with E-state index < -0.39 is 29.8 Å². The van der Waals surface area contributed by atoms with Gasteiger partial charge in [0, 0.05) is 35.7 Å². The highest BCUT2D eigenvalue weighted by atomic mass is 35.5. The van der Waals surface area contributed by atoms with Crippen LogP contribution in [0.5, 0.6) is 5.75 Å². The van der Waals surface area contributed by atoms with E-state index in [4.69, 9.17) is 37.4 Å². The molecule has 9 nitrogen and oxygen atoms in total. The van der Waals surface area contributed by atoms with Crippen LogP contribution in [0.15, 0.2) is 36.4 Å². The Morgan fingerprint density at radius 2 is 1.73 bits per heavy atom. The van der Waals surface area contributed by atoms with Crippen LogP contribution in [0.25, 0.3) is 5.69 Å². The fraction of sp³-hybridized carbons (Fsp3) is 0.484. The lowest BCUT2D eigenvalue weighted by atomic mass is 9.93. The number of ether oxygens (including phenoxy) is 3. The second-order valence-electron chi connectivity index (χ2n) is 12.1. The number of benzene rings is 2. The first-order chi connectivity index (χ1) is 21.2. The molecule has 2 aromatic carbocycles. The molecule has 0 saturated carbocycles. The van der Waals surface area contributed by atoms with Crippen molar-refractivity contribution in [2.45, 2.75) is 70.4 Å². The highest BCUT2D eigenvalue weighted by Crippen LogP contribution is 2.46. The smallest absolute Gasteiger partial charge is 0.452 e. The maximum absolute atomic E-state index is 14.3. The number of nitrogens with zero attached hydrogens (tertiary/aromatic N) is 4. The van der Waals surface area contributed by atoms with Gasteiger partial charge in [0.15, 0.2) is 5.82 Å². The van der Waals surface area contributed by atoms with Crippen LogP contribution in [0.4, 0.5) is 13.2 Å². The number of carbonyl (C=O) groups excluding carboxylic acids is 2. The van der Waals surface area contributed by atoms with Crippen molar-refractivity contribution in [3.63, 3.8) is 0 Å². The Bertz CT molecular complexity index is 1580. The maximum atomic E-state index is 14.3. The molecule has 1 amide bonds. The van der Waals surface area contributed by atoms with Gasteiger partial charge in [0.05, 0.1) is 24.2 Å². The van der Waals surface area contributed by atoms with E-state index in [9.17, 15) is 22.8 Å². The normalized spacial score (nSPS) is 19.0. The summed E-state index contributed by atoms with van der Waals surface area (Å²) in [5.74, 6) is -1.68. The van der Waals surface area contributed by atoms with Gasteiger partial charge in [0.25, 0.3) is 0 Å². The van der Waals surface area contributed by atoms with Crippen molar-refractivity contribution in [3.8, 4) is 11.4 Å². The van der Waals surface area contributed by atoms with Crippen molar-refractivity contribution < 1.29 is 37.0 Å². The van der Waals surface area contributed by atoms with Gasteiger partial charge in [0.2, 0.25) is 11.7 Å². The van der Waals surface area contributed by atoms with Crippen molar-refractivity contribution in [2.24, 2.45) is 5.92 Å². The number of alkyl halides is 3. The van der Waals surface area contributed by atoms with E-state index in [0.29, 0.717) is 37.2 Å². The Balaban J connectivity index is 1.47. The molecule has 0 radical (unpaired) electrons. The molecule has 0 aliphatic carbocycles. The van der Waals surface area contributed by atoms with Crippen molar-refractivity contribution in [1.82, 2.24) is 19.7 Å². The highest BCUT2D eigenvalue weighted by molar-refractivity contribution is 6.33. The van der Waals surface area contributed by atoms with E-state index in [1.54, 1.807) is 43.9 Å². The largest absolute Gasteiger partial charge is 0.495 e. The summed E-state index contributed by atoms with van der Waals surface area (Å²) in [7, 11) is 1.44. The van der Waals surface area contributed by atoms with Gasteiger partial charge < -0.3 is 19.1 Å². The lowest BCUT2D eigenvalue weighted by Crippen LogP contribution is -2.40. The van der Waals surface area contributed by atoms with Crippen molar-refractivity contribution in [3.05, 3.63) is 69.2 Å². The van der Waals surface area contributed by atoms with E-state index in [-0.39, 0.29) is 57.8 Å². The van der Waals surface area contributed by atoms with Crippen LogP contribution < -0.4 is 4.74 Å². The number of esters is 1. The molecule has 45 heavy (non-hydrogen) atoms. The number of hydrogen-bond donors (Lipinski definition) is 0. The average Bonchev–Trinajstić information content (AvgIpc) is 3.36. The molecule has 0 spiro atoms. The maximum Gasteiger partial charge on any atom is 0.452 e. The van der Waals surface area contributed by atoms with Crippen LogP contribution >= 0.6 is 23.2 Å². The Labute approximate surface area is 268 Å². The lowest BCUT2D eigenvalue weighted by molar-refractivity contribution is -0.156. The highest BCUT2D eigenvalue weighted by Gasteiger charge is 2.44. The molecule has 2 aliphatic heterocycles. The van der Waals surface area contributed by atoms with Crippen LogP contribution in [-0.4, -0.2) is 57.3 Å². The number of piperidine rings is 1. The number of likely N-dealkylation sites (tertiary alicyclic amines) is 1. The molecule has 2 aliphatic rings. The van der Waals surface area contributed by atoms with Gasteiger partial charge in [-0.1, -0.05) is 35.3 Å². The van der Waals surface area contributed by atoms with Crippen LogP contribution in [0.1, 0.15) is 81.4 Å². The molecule has 2 atom stereocenters. The average molecular weight is 670 g/mol. The SMILES string of the molecule is COc1cccc([C@H]2O[C@H](CC(=O)N3CCC(CC(=O)OC(C)(C)C)CC3)c3nnc(C(F)(F)F)n3-c3ccc(Cl)cc32)c1Cl. The summed E-state index contributed by atoms with van der Waals surface area (Å²) in [6.07, 6.45) is -6.04. The summed E-state index contributed by atoms with van der Waals surface area (Å²) in [5, 5.41) is 7.82. The van der Waals surface area contributed by atoms with Gasteiger partial charge in [-0.25, -0.2) is 0 Å². The second-order valence-corrected chi connectivity index (χ2v) is 12.9. The van der Waals surface area contributed by atoms with Gasteiger partial charge in [-0.3, -0.25) is 14.2 Å². The van der Waals surface area contributed by atoms with E-state index in [1.807, 2.05) is 0 Å². The number of hydrogen-bond acceptors (Lipinski definition) is 7. The number of methoxy groups -OCH3 is 1. The van der Waals surface area contributed by atoms with Gasteiger partial charge in [-0.2, -0.15) is 13.2 Å². The first-order valence-corrected chi connectivity index (χ1v) is 15.2. The molecule has 242 valence electrons. The fourth-order valence-corrected chi connectivity index (χ4v) is 6.21. The molecule has 1 saturated heterocycles. The molecule has 3 aromatic rings. The molecular formula is C31H33Cl2F3N4O5. The van der Waals surface area contributed by atoms with Crippen molar-refractivity contribution in [2.75, 3.05) is 20.2 Å². The minimum Gasteiger partial charge on any atom is -0.495 e. The monoisotopic (exact) mass is 668 g/mol. The Morgan fingerprint density at radius 3 is 2.38 bits per heavy atom. The van der Waals surface area contributed by atoms with Gasteiger partial charge in [-0.15, -0.1) is 10.2 Å². The number of aromatic nitrogens is 3. The van der Waals surface area contributed by atoms with Gasteiger partial charge >= 0.3 is 12.1 Å². The summed E-state index contributed by atoms with van der Waals surface area (Å²) in [4.78, 5) is 27.6. The summed E-state index contributed by atoms with van der Waals surface area (Å²) in [6, 6.07) is 9.39. The molecule has 3 heterocycles. The van der Waals surface area contributed by atoms with Crippen LogP contribution in [0, 0.1) is 5.92 Å². The molecule has 0 N–H and O–H groups in total. The minimum atomic E-state index is -4.86. The first kappa shape index (κ1) is 33.0. The predicted molar refractivity (Wildman–Crippen MR) is 159 cm³/mol. The van der Waals surface area contributed by atoms with Crippen molar-refractivity contribution in [1.29, 1.82) is 0 Å². The third-order valence-electron chi connectivity index (χ3n) is 7.74. The second kappa shape index (κ2) is 12.8. The standard InChI is InChI=1S/C31H33Cl2F3N4O5/c1-30(2,3)45-25(42)14-17-10-12-39(13-11-17)24(41)16-23-28-37-38-29(31(34,35)36)40(28)21-9-8-18(32)15-20(21)27(44-23)19-6-5-7-22(43-4)26(19)33/h5-9,15,17,23,27H,10-14,16H2,1-4H3/t23-,27-/m1/s1. The summed E-state index contributed by atoms with van der Waals surface area (Å²) >= 11 is 13.0. The summed E-state index contributed by atoms with van der Waals surface area (Å²) in [5.41, 5.74) is 0.194. The molecule has 1 fully saturated rings. The van der Waals surface area contributed by atoms with Crippen LogP contribution in [-0.2, 0) is 25.2 Å². The number of fused-ring (bicyclic) bond motifs is 3. The zero-order valence-corrected chi connectivity index (χ0v) is 26.7. The van der Waals surface area contributed by atoms with Gasteiger partial charge in [-0.05, 0) is 63.8 Å². The van der Waals surface area contributed by atoms with E-state index >= 15 is 0 Å². The van der Waals surface area contributed by atoms with E-state index in [0.717, 1.165) is 4.57 Å². The molecule has 1 aromatic heterocycles. The third kappa shape index (κ3) is 7.23. The zero-order valence-electron chi connectivity index (χ0n) is 25.2. The summed E-state index contributed by atoms with van der Waals surface area (Å²) in [6.45, 7) is 6.17. The molecule has 0 bridgehead atoms. The van der Waals surface area contributed by atoms with Crippen LogP contribution in [0.2, 0.25) is 10.0 Å². The van der Waals surface area contributed by atoms with Gasteiger partial charge in [0.1, 0.15) is 23.6 Å². The van der Waals surface area contributed by atoms with E-state index in [1.165, 1.54) is 25.3 Å². The first-order valence-electron chi connectivity index (χ1n) is 14.5. The number of carbonyl (C=O) groups is 2. The fourth-order valence-electron chi connectivity index (χ4n) is 5.72. The number of halogens is 5. The van der Waals surface area contributed by atoms with Crippen LogP contribution in [0.3, 0.4) is 0 Å². The summed E-state index contributed by atoms with van der Waals surface area (Å²) < 4.78 is 61.0. The third-order valence-corrected chi connectivity index (χ3v) is 8.38. The number of rotatable bonds is 6. The van der Waals surface area contributed by atoms with E-state index in [2.05, 4.69) is 10.2 Å². The Morgan fingerprint density at radius 1 is 1.02 bits per heavy atom. The molecule has 0 unspecified atom stereocenters. The lowest BCUT2D eigenvalue weighted by Gasteiger charge is -2.33. The van der Waals surface area contributed by atoms with Crippen molar-refractivity contribution >= 4 is 35.1 Å². The Hall–Kier alpha value is -3.35. The zero-order chi connectivity index (χ0) is 32.7. The molecule has 14 heteroatoms. The molecular weight excluding hydrogens is 636 g/mol. The quantitative estimate of drug-likeness (QED) is 0.258. The number of amides is 1. The Kier molecular flexibility index (Phi) is 9.40. The molecule has 5 rings (SSSR count). The minimum absolute atomic E-state index is 0.0503.